The molecule has 1 amide bonds. The molecule has 0 bridgehead atoms. The lowest BCUT2D eigenvalue weighted by Gasteiger charge is -2.04. The highest BCUT2D eigenvalue weighted by Crippen LogP contribution is 2.42. The molecule has 0 spiro atoms. The molecule has 25 heavy (non-hydrogen) atoms. The molecule has 4 rings (SSSR count). The van der Waals surface area contributed by atoms with Crippen molar-refractivity contribution >= 4 is 22.9 Å². The van der Waals surface area contributed by atoms with E-state index < -0.39 is 17.1 Å². The molecule has 9 nitrogen and oxygen atoms in total. The summed E-state index contributed by atoms with van der Waals surface area (Å²) in [7, 11) is 0. The fraction of sp³-hybridized carbons (Fsp3) is 0.143. The molecule has 128 valence electrons. The number of alkyl halides is 2. The number of halogens is 2. The van der Waals surface area contributed by atoms with E-state index in [0.29, 0.717) is 5.52 Å². The SMILES string of the molecule is O=C(Nc1nc2cc3c(cc2[nH]1)OC(F)(F)O3)C1=CC([N+](=O)[O-])=CC1. The fourth-order valence-corrected chi connectivity index (χ4v) is 2.50. The third-order valence-corrected chi connectivity index (χ3v) is 3.59. The quantitative estimate of drug-likeness (QED) is 0.647. The summed E-state index contributed by atoms with van der Waals surface area (Å²) >= 11 is 0. The number of rotatable bonds is 3. The highest BCUT2D eigenvalue weighted by Gasteiger charge is 2.43. The highest BCUT2D eigenvalue weighted by molar-refractivity contribution is 6.04. The maximum atomic E-state index is 13.0. The number of fused-ring (bicyclic) bond motifs is 2. The number of H-pyrrole nitrogens is 1. The monoisotopic (exact) mass is 350 g/mol. The van der Waals surface area contributed by atoms with E-state index in [1.165, 1.54) is 24.3 Å². The molecule has 0 fully saturated rings. The minimum absolute atomic E-state index is 0.0610. The predicted octanol–water partition coefficient (Wildman–Crippen LogP) is 2.31. The predicted molar refractivity (Wildman–Crippen MR) is 78.7 cm³/mol. The number of aromatic amines is 1. The summed E-state index contributed by atoms with van der Waals surface area (Å²) in [5, 5.41) is 13.1. The van der Waals surface area contributed by atoms with Gasteiger partial charge in [-0.25, -0.2) is 4.98 Å². The molecule has 2 N–H and O–H groups in total. The molecule has 0 saturated carbocycles. The standard InChI is InChI=1S/C14H8F2N4O5/c15-14(16)24-10-4-8-9(5-11(10)25-14)18-13(17-8)19-12(21)6-1-2-7(3-6)20(22)23/h2-5H,1H2,(H2,17,18,19,21). The lowest BCUT2D eigenvalue weighted by molar-refractivity contribution is -0.418. The Morgan fingerprint density at radius 3 is 2.76 bits per heavy atom. The number of aromatic nitrogens is 2. The summed E-state index contributed by atoms with van der Waals surface area (Å²) < 4.78 is 34.7. The van der Waals surface area contributed by atoms with Crippen molar-refractivity contribution in [2.24, 2.45) is 0 Å². The smallest absolute Gasteiger partial charge is 0.395 e. The van der Waals surface area contributed by atoms with Crippen LogP contribution in [0, 0.1) is 10.1 Å². The first-order valence-corrected chi connectivity index (χ1v) is 6.97. The molecular formula is C14H8F2N4O5. The number of allylic oxidation sites excluding steroid dienone is 2. The van der Waals surface area contributed by atoms with Gasteiger partial charge in [-0.2, -0.15) is 0 Å². The van der Waals surface area contributed by atoms with Crippen LogP contribution in [0.2, 0.25) is 0 Å². The van der Waals surface area contributed by atoms with E-state index in [1.54, 1.807) is 0 Å². The molecule has 1 aromatic carbocycles. The number of hydrogen-bond acceptors (Lipinski definition) is 6. The Labute approximate surface area is 137 Å². The number of carbonyl (C=O) groups excluding carboxylic acids is 1. The van der Waals surface area contributed by atoms with Crippen molar-refractivity contribution in [3.05, 3.63) is 45.7 Å². The average Bonchev–Trinajstić information content (AvgIpc) is 3.18. The van der Waals surface area contributed by atoms with Crippen LogP contribution in [-0.4, -0.2) is 27.1 Å². The fourth-order valence-electron chi connectivity index (χ4n) is 2.50. The average molecular weight is 350 g/mol. The molecule has 0 radical (unpaired) electrons. The summed E-state index contributed by atoms with van der Waals surface area (Å²) in [5.41, 5.74) is 0.682. The van der Waals surface area contributed by atoms with Crippen molar-refractivity contribution in [2.75, 3.05) is 5.32 Å². The Balaban J connectivity index is 1.55. The van der Waals surface area contributed by atoms with E-state index in [4.69, 9.17) is 0 Å². The number of anilines is 1. The number of imidazole rings is 1. The van der Waals surface area contributed by atoms with Gasteiger partial charge in [-0.05, 0) is 6.08 Å². The van der Waals surface area contributed by atoms with Crippen molar-refractivity contribution in [1.82, 2.24) is 9.97 Å². The van der Waals surface area contributed by atoms with Crippen LogP contribution in [0.3, 0.4) is 0 Å². The van der Waals surface area contributed by atoms with Gasteiger partial charge in [-0.15, -0.1) is 8.78 Å². The maximum absolute atomic E-state index is 13.0. The third kappa shape index (κ3) is 2.65. The molecule has 2 heterocycles. The van der Waals surface area contributed by atoms with Gasteiger partial charge in [0.1, 0.15) is 0 Å². The Bertz CT molecular complexity index is 950. The molecule has 2 aliphatic rings. The van der Waals surface area contributed by atoms with Gasteiger partial charge in [0.25, 0.3) is 11.6 Å². The summed E-state index contributed by atoms with van der Waals surface area (Å²) in [6.45, 7) is 0. The van der Waals surface area contributed by atoms with Crippen molar-refractivity contribution in [3.63, 3.8) is 0 Å². The first kappa shape index (κ1) is 15.1. The van der Waals surface area contributed by atoms with Crippen LogP contribution in [0.15, 0.2) is 35.6 Å². The maximum Gasteiger partial charge on any atom is 0.586 e. The molecule has 0 saturated heterocycles. The number of carbonyl (C=O) groups is 1. The molecule has 0 unspecified atom stereocenters. The summed E-state index contributed by atoms with van der Waals surface area (Å²) in [5.74, 6) is -0.817. The van der Waals surface area contributed by atoms with Gasteiger partial charge in [0, 0.05) is 30.2 Å². The van der Waals surface area contributed by atoms with E-state index in [0.717, 1.165) is 0 Å². The zero-order chi connectivity index (χ0) is 17.8. The largest absolute Gasteiger partial charge is 0.586 e. The van der Waals surface area contributed by atoms with E-state index in [2.05, 4.69) is 24.8 Å². The van der Waals surface area contributed by atoms with Gasteiger partial charge >= 0.3 is 6.29 Å². The van der Waals surface area contributed by atoms with E-state index >= 15 is 0 Å². The molecule has 11 heteroatoms. The molecule has 2 aromatic rings. The minimum atomic E-state index is -3.73. The summed E-state index contributed by atoms with van der Waals surface area (Å²) in [6, 6.07) is 2.52. The lowest BCUT2D eigenvalue weighted by Crippen LogP contribution is -2.25. The highest BCUT2D eigenvalue weighted by atomic mass is 19.3. The zero-order valence-electron chi connectivity index (χ0n) is 12.2. The van der Waals surface area contributed by atoms with Crippen LogP contribution < -0.4 is 14.8 Å². The molecule has 1 aliphatic heterocycles. The number of ether oxygens (including phenoxy) is 2. The van der Waals surface area contributed by atoms with Crippen LogP contribution in [0.1, 0.15) is 6.42 Å². The third-order valence-electron chi connectivity index (χ3n) is 3.59. The number of nitrogens with zero attached hydrogens (tertiary/aromatic N) is 2. The molecular weight excluding hydrogens is 342 g/mol. The molecule has 1 aromatic heterocycles. The summed E-state index contributed by atoms with van der Waals surface area (Å²) in [6.07, 6.45) is -1.09. The normalized spacial score (nSPS) is 17.4. The number of nitro groups is 1. The zero-order valence-corrected chi connectivity index (χ0v) is 12.2. The van der Waals surface area contributed by atoms with E-state index in [1.807, 2.05) is 0 Å². The Morgan fingerprint density at radius 1 is 1.36 bits per heavy atom. The van der Waals surface area contributed by atoms with E-state index in [9.17, 15) is 23.7 Å². The Morgan fingerprint density at radius 2 is 2.08 bits per heavy atom. The number of nitrogens with one attached hydrogen (secondary N) is 2. The second-order valence-electron chi connectivity index (χ2n) is 5.28. The first-order valence-electron chi connectivity index (χ1n) is 6.97. The van der Waals surface area contributed by atoms with Gasteiger partial charge in [0.2, 0.25) is 5.95 Å². The molecule has 0 atom stereocenters. The lowest BCUT2D eigenvalue weighted by atomic mass is 10.2. The van der Waals surface area contributed by atoms with Crippen LogP contribution in [0.5, 0.6) is 11.5 Å². The Hall–Kier alpha value is -3.50. The van der Waals surface area contributed by atoms with E-state index in [-0.39, 0.29) is 40.7 Å². The van der Waals surface area contributed by atoms with Crippen molar-refractivity contribution in [3.8, 4) is 11.5 Å². The van der Waals surface area contributed by atoms with Gasteiger partial charge in [-0.3, -0.25) is 20.2 Å². The first-order chi connectivity index (χ1) is 11.8. The Kier molecular flexibility index (Phi) is 3.01. The second-order valence-corrected chi connectivity index (χ2v) is 5.28. The number of amides is 1. The van der Waals surface area contributed by atoms with Crippen LogP contribution >= 0.6 is 0 Å². The van der Waals surface area contributed by atoms with Crippen molar-refractivity contribution < 1.29 is 28.0 Å². The van der Waals surface area contributed by atoms with Crippen molar-refractivity contribution in [1.29, 1.82) is 0 Å². The van der Waals surface area contributed by atoms with Gasteiger partial charge in [0.15, 0.2) is 11.5 Å². The van der Waals surface area contributed by atoms with Crippen LogP contribution in [0.4, 0.5) is 14.7 Å². The van der Waals surface area contributed by atoms with Gasteiger partial charge in [0.05, 0.1) is 16.0 Å². The van der Waals surface area contributed by atoms with Gasteiger partial charge in [-0.1, -0.05) is 0 Å². The van der Waals surface area contributed by atoms with Crippen molar-refractivity contribution in [2.45, 2.75) is 12.7 Å². The summed E-state index contributed by atoms with van der Waals surface area (Å²) in [4.78, 5) is 29.0. The van der Waals surface area contributed by atoms with Crippen LogP contribution in [0.25, 0.3) is 11.0 Å². The van der Waals surface area contributed by atoms with Gasteiger partial charge < -0.3 is 14.5 Å². The number of benzene rings is 1. The topological polar surface area (TPSA) is 119 Å². The minimum Gasteiger partial charge on any atom is -0.395 e. The second kappa shape index (κ2) is 5.00. The van der Waals surface area contributed by atoms with Crippen LogP contribution in [-0.2, 0) is 4.79 Å². The molecule has 1 aliphatic carbocycles. The number of hydrogen-bond donors (Lipinski definition) is 2.